The van der Waals surface area contributed by atoms with Crippen LogP contribution >= 0.6 is 0 Å². The Labute approximate surface area is 209 Å². The van der Waals surface area contributed by atoms with Crippen LogP contribution in [0.4, 0.5) is 21.6 Å². The van der Waals surface area contributed by atoms with Gasteiger partial charge in [0, 0.05) is 29.6 Å². The van der Waals surface area contributed by atoms with E-state index in [1.54, 1.807) is 23.0 Å². The summed E-state index contributed by atoms with van der Waals surface area (Å²) in [5.41, 5.74) is 2.77. The maximum Gasteiger partial charge on any atom is 0.311 e. The number of ether oxygens (including phenoxy) is 2. The molecule has 5 aromatic rings. The zero-order valence-electron chi connectivity index (χ0n) is 19.5. The molecule has 3 aromatic carbocycles. The molecule has 3 heterocycles. The summed E-state index contributed by atoms with van der Waals surface area (Å²) in [6, 6.07) is 15.1. The van der Waals surface area contributed by atoms with Crippen LogP contribution in [0.15, 0.2) is 67.1 Å². The molecule has 1 fully saturated rings. The average molecular weight is 500 g/mol. The van der Waals surface area contributed by atoms with E-state index in [9.17, 15) is 14.5 Å². The first-order valence-electron chi connectivity index (χ1n) is 11.7. The maximum atomic E-state index is 13.6. The molecule has 1 saturated heterocycles. The van der Waals surface area contributed by atoms with Gasteiger partial charge in [-0.3, -0.25) is 14.8 Å². The quantitative estimate of drug-likeness (QED) is 0.245. The van der Waals surface area contributed by atoms with Crippen LogP contribution in [0.25, 0.3) is 21.8 Å². The topological polar surface area (TPSA) is 117 Å². The van der Waals surface area contributed by atoms with Gasteiger partial charge < -0.3 is 14.8 Å². The second-order valence-corrected chi connectivity index (χ2v) is 8.75. The zero-order chi connectivity index (χ0) is 25.4. The van der Waals surface area contributed by atoms with Crippen molar-refractivity contribution >= 4 is 39.0 Å². The second-order valence-electron chi connectivity index (χ2n) is 8.75. The monoisotopic (exact) mass is 500 g/mol. The molecule has 0 spiro atoms. The molecule has 0 saturated carbocycles. The van der Waals surface area contributed by atoms with Crippen molar-refractivity contribution in [2.24, 2.45) is 0 Å². The van der Waals surface area contributed by atoms with Gasteiger partial charge in [0.15, 0.2) is 5.75 Å². The highest BCUT2D eigenvalue weighted by atomic mass is 19.1. The van der Waals surface area contributed by atoms with Gasteiger partial charge in [0.1, 0.15) is 24.1 Å². The van der Waals surface area contributed by atoms with Crippen LogP contribution in [0, 0.1) is 15.9 Å². The Morgan fingerprint density at radius 1 is 1.19 bits per heavy atom. The van der Waals surface area contributed by atoms with Gasteiger partial charge in [-0.1, -0.05) is 12.1 Å². The summed E-state index contributed by atoms with van der Waals surface area (Å²) < 4.78 is 26.5. The lowest BCUT2D eigenvalue weighted by atomic mass is 10.1. The molecular weight excluding hydrogens is 479 g/mol. The number of hydrogen-bond acceptors (Lipinski definition) is 8. The van der Waals surface area contributed by atoms with Gasteiger partial charge in [0.2, 0.25) is 0 Å². The van der Waals surface area contributed by atoms with Crippen LogP contribution in [0.1, 0.15) is 12.0 Å². The van der Waals surface area contributed by atoms with Crippen molar-refractivity contribution < 1.29 is 18.8 Å². The molecule has 1 aliphatic heterocycles. The summed E-state index contributed by atoms with van der Waals surface area (Å²) in [6.07, 6.45) is 3.57. The highest BCUT2D eigenvalue weighted by Gasteiger charge is 2.24. The SMILES string of the molecule is O=[N+]([O-])c1cc2c(Nc3ccc4c(cnn4Cc4cccc(F)c4)c3)ncnc2cc1O[C@H]1CCOC1. The van der Waals surface area contributed by atoms with Gasteiger partial charge in [-0.15, -0.1) is 0 Å². The van der Waals surface area contributed by atoms with Gasteiger partial charge in [-0.05, 0) is 35.9 Å². The lowest BCUT2D eigenvalue weighted by Crippen LogP contribution is -2.16. The highest BCUT2D eigenvalue weighted by Crippen LogP contribution is 2.36. The number of rotatable bonds is 7. The minimum Gasteiger partial charge on any atom is -0.481 e. The predicted octanol–water partition coefficient (Wildman–Crippen LogP) is 4.99. The first-order valence-corrected chi connectivity index (χ1v) is 11.7. The molecule has 2 aromatic heterocycles. The van der Waals surface area contributed by atoms with E-state index in [1.807, 2.05) is 24.3 Å². The fraction of sp³-hybridized carbons (Fsp3) is 0.192. The molecule has 1 N–H and O–H groups in total. The van der Waals surface area contributed by atoms with Gasteiger partial charge in [0.25, 0.3) is 0 Å². The van der Waals surface area contributed by atoms with Crippen molar-refractivity contribution in [3.63, 3.8) is 0 Å². The van der Waals surface area contributed by atoms with E-state index in [-0.39, 0.29) is 23.4 Å². The highest BCUT2D eigenvalue weighted by molar-refractivity contribution is 5.94. The summed E-state index contributed by atoms with van der Waals surface area (Å²) in [4.78, 5) is 20.0. The van der Waals surface area contributed by atoms with Gasteiger partial charge in [-0.2, -0.15) is 5.10 Å². The normalized spacial score (nSPS) is 15.3. The minimum absolute atomic E-state index is 0.157. The number of nitro benzene ring substituents is 1. The Kier molecular flexibility index (Phi) is 5.81. The lowest BCUT2D eigenvalue weighted by molar-refractivity contribution is -0.385. The van der Waals surface area contributed by atoms with Gasteiger partial charge >= 0.3 is 5.69 Å². The van der Waals surface area contributed by atoms with Crippen LogP contribution in [0.5, 0.6) is 5.75 Å². The van der Waals surface area contributed by atoms with Crippen molar-refractivity contribution in [2.45, 2.75) is 19.1 Å². The predicted molar refractivity (Wildman–Crippen MR) is 135 cm³/mol. The van der Waals surface area contributed by atoms with Crippen molar-refractivity contribution in [2.75, 3.05) is 18.5 Å². The van der Waals surface area contributed by atoms with Crippen molar-refractivity contribution in [1.29, 1.82) is 0 Å². The van der Waals surface area contributed by atoms with Gasteiger partial charge in [0.05, 0.1) is 47.3 Å². The molecule has 37 heavy (non-hydrogen) atoms. The molecule has 0 aliphatic carbocycles. The molecule has 0 amide bonds. The van der Waals surface area contributed by atoms with Crippen LogP contribution in [0.3, 0.4) is 0 Å². The molecule has 1 aliphatic rings. The Morgan fingerprint density at radius 2 is 2.11 bits per heavy atom. The Bertz CT molecular complexity index is 1630. The van der Waals surface area contributed by atoms with Crippen LogP contribution < -0.4 is 10.1 Å². The molecule has 1 atom stereocenters. The fourth-order valence-electron chi connectivity index (χ4n) is 4.43. The summed E-state index contributed by atoms with van der Waals surface area (Å²) in [5, 5.41) is 20.9. The lowest BCUT2D eigenvalue weighted by Gasteiger charge is -2.14. The number of nitro groups is 1. The van der Waals surface area contributed by atoms with Gasteiger partial charge in [-0.25, -0.2) is 14.4 Å². The Hall–Kier alpha value is -4.64. The average Bonchev–Trinajstić information content (AvgIpc) is 3.54. The summed E-state index contributed by atoms with van der Waals surface area (Å²) >= 11 is 0. The van der Waals surface area contributed by atoms with Crippen LogP contribution in [-0.2, 0) is 11.3 Å². The van der Waals surface area contributed by atoms with E-state index in [4.69, 9.17) is 9.47 Å². The molecule has 0 radical (unpaired) electrons. The van der Waals surface area contributed by atoms with Crippen molar-refractivity contribution in [3.8, 4) is 5.75 Å². The molecular formula is C26H21FN6O4. The number of anilines is 2. The fourth-order valence-corrected chi connectivity index (χ4v) is 4.43. The van der Waals surface area contributed by atoms with E-state index < -0.39 is 4.92 Å². The molecule has 6 rings (SSSR count). The molecule has 10 nitrogen and oxygen atoms in total. The largest absolute Gasteiger partial charge is 0.481 e. The standard InChI is InChI=1S/C26H21FN6O4/c27-18-3-1-2-16(8-18)13-32-23-5-4-19(9-17(23)12-30-32)31-26-21-10-24(33(34)35)25(11-22(21)28-15-29-26)37-20-6-7-36-14-20/h1-5,8-12,15,20H,6-7,13-14H2,(H,28,29,31)/t20-/m0/s1. The maximum absolute atomic E-state index is 13.6. The number of halogens is 1. The number of nitrogens with zero attached hydrogens (tertiary/aromatic N) is 5. The van der Waals surface area contributed by atoms with E-state index in [0.29, 0.717) is 42.9 Å². The molecule has 186 valence electrons. The third-order valence-corrected chi connectivity index (χ3v) is 6.22. The minimum atomic E-state index is -0.472. The van der Waals surface area contributed by atoms with Crippen LogP contribution in [-0.4, -0.2) is 44.0 Å². The first kappa shape index (κ1) is 22.8. The van der Waals surface area contributed by atoms with Crippen LogP contribution in [0.2, 0.25) is 0 Å². The third-order valence-electron chi connectivity index (χ3n) is 6.22. The number of nitrogens with one attached hydrogen (secondary N) is 1. The summed E-state index contributed by atoms with van der Waals surface area (Å²) in [5.74, 6) is 0.295. The zero-order valence-corrected chi connectivity index (χ0v) is 19.5. The van der Waals surface area contributed by atoms with E-state index >= 15 is 0 Å². The number of fused-ring (bicyclic) bond motifs is 2. The summed E-state index contributed by atoms with van der Waals surface area (Å²) in [6.45, 7) is 1.40. The van der Waals surface area contributed by atoms with Crippen molar-refractivity contribution in [1.82, 2.24) is 19.7 Å². The first-order chi connectivity index (χ1) is 18.0. The van der Waals surface area contributed by atoms with Crippen molar-refractivity contribution in [3.05, 3.63) is 88.6 Å². The second kappa shape index (κ2) is 9.43. The number of aromatic nitrogens is 4. The number of hydrogen-bond donors (Lipinski definition) is 1. The smallest absolute Gasteiger partial charge is 0.311 e. The summed E-state index contributed by atoms with van der Waals surface area (Å²) in [7, 11) is 0. The Morgan fingerprint density at radius 3 is 2.92 bits per heavy atom. The molecule has 0 unspecified atom stereocenters. The van der Waals surface area contributed by atoms with E-state index in [0.717, 1.165) is 22.2 Å². The molecule has 11 heteroatoms. The van der Waals surface area contributed by atoms with E-state index in [2.05, 4.69) is 20.4 Å². The third kappa shape index (κ3) is 4.64. The van der Waals surface area contributed by atoms with E-state index in [1.165, 1.54) is 24.5 Å². The Balaban J connectivity index is 1.30. The molecule has 0 bridgehead atoms. The number of benzene rings is 3.